The van der Waals surface area contributed by atoms with Crippen molar-refractivity contribution in [3.8, 4) is 11.5 Å². The summed E-state index contributed by atoms with van der Waals surface area (Å²) in [4.78, 5) is 30.2. The van der Waals surface area contributed by atoms with Crippen LogP contribution in [0.15, 0.2) is 46.3 Å². The van der Waals surface area contributed by atoms with E-state index in [1.54, 1.807) is 48.7 Å². The first-order valence-electron chi connectivity index (χ1n) is 9.72. The van der Waals surface area contributed by atoms with Gasteiger partial charge in [0.25, 0.3) is 11.5 Å². The SMILES string of the molecule is COc1ccc(C(C)NC(=O)c2ccc3c(=O)n4c(nc3c2)SCCC4)cc1OC. The van der Waals surface area contributed by atoms with E-state index >= 15 is 0 Å². The number of carbonyl (C=O) groups is 1. The molecule has 0 saturated heterocycles. The lowest BCUT2D eigenvalue weighted by molar-refractivity contribution is 0.0940. The molecule has 0 bridgehead atoms. The fourth-order valence-electron chi connectivity index (χ4n) is 3.52. The van der Waals surface area contributed by atoms with Gasteiger partial charge in [-0.05, 0) is 49.2 Å². The predicted octanol–water partition coefficient (Wildman–Crippen LogP) is 3.40. The van der Waals surface area contributed by atoms with Crippen LogP contribution in [0.1, 0.15) is 35.3 Å². The third-order valence-corrected chi connectivity index (χ3v) is 6.26. The molecular weight excluding hydrogens is 402 g/mol. The standard InChI is InChI=1S/C22H23N3O4S/c1-13(14-6-8-18(28-2)19(12-14)29-3)23-20(26)15-5-7-16-17(11-15)24-22-25(21(16)27)9-4-10-30-22/h5-8,11-13H,4,9-10H2,1-3H3,(H,23,26). The average molecular weight is 426 g/mol. The fourth-order valence-corrected chi connectivity index (χ4v) is 4.47. The summed E-state index contributed by atoms with van der Waals surface area (Å²) in [6.07, 6.45) is 0.958. The van der Waals surface area contributed by atoms with Crippen molar-refractivity contribution in [3.63, 3.8) is 0 Å². The van der Waals surface area contributed by atoms with Gasteiger partial charge in [-0.3, -0.25) is 14.2 Å². The predicted molar refractivity (Wildman–Crippen MR) is 117 cm³/mol. The minimum Gasteiger partial charge on any atom is -0.493 e. The molecule has 1 aromatic heterocycles. The maximum absolute atomic E-state index is 12.8. The van der Waals surface area contributed by atoms with Gasteiger partial charge in [-0.1, -0.05) is 17.8 Å². The van der Waals surface area contributed by atoms with Crippen LogP contribution in [0.3, 0.4) is 0 Å². The molecular formula is C22H23N3O4S. The molecule has 0 spiro atoms. The zero-order chi connectivity index (χ0) is 21.3. The number of nitrogens with one attached hydrogen (secondary N) is 1. The summed E-state index contributed by atoms with van der Waals surface area (Å²) in [6.45, 7) is 2.59. The number of amides is 1. The van der Waals surface area contributed by atoms with E-state index in [0.29, 0.717) is 34.5 Å². The van der Waals surface area contributed by atoms with Crippen LogP contribution in [0.5, 0.6) is 11.5 Å². The topological polar surface area (TPSA) is 82.5 Å². The van der Waals surface area contributed by atoms with Crippen LogP contribution in [0, 0.1) is 0 Å². The number of hydrogen-bond donors (Lipinski definition) is 1. The molecule has 0 saturated carbocycles. The van der Waals surface area contributed by atoms with Gasteiger partial charge in [-0.15, -0.1) is 0 Å². The van der Waals surface area contributed by atoms with E-state index in [0.717, 1.165) is 22.9 Å². The second-order valence-electron chi connectivity index (χ2n) is 7.09. The van der Waals surface area contributed by atoms with Crippen LogP contribution in [0.25, 0.3) is 10.9 Å². The van der Waals surface area contributed by atoms with Gasteiger partial charge in [-0.2, -0.15) is 0 Å². The first-order chi connectivity index (χ1) is 14.5. The largest absolute Gasteiger partial charge is 0.493 e. The van der Waals surface area contributed by atoms with Crippen LogP contribution in [-0.4, -0.2) is 35.4 Å². The van der Waals surface area contributed by atoms with E-state index in [1.165, 1.54) is 0 Å². The molecule has 1 atom stereocenters. The van der Waals surface area contributed by atoms with E-state index in [4.69, 9.17) is 9.47 Å². The number of rotatable bonds is 5. The van der Waals surface area contributed by atoms with Crippen LogP contribution in [-0.2, 0) is 6.54 Å². The lowest BCUT2D eigenvalue weighted by Crippen LogP contribution is -2.28. The molecule has 30 heavy (non-hydrogen) atoms. The van der Waals surface area contributed by atoms with Crippen LogP contribution in [0.4, 0.5) is 0 Å². The van der Waals surface area contributed by atoms with Gasteiger partial charge >= 0.3 is 0 Å². The Hall–Kier alpha value is -3.00. The average Bonchev–Trinajstić information content (AvgIpc) is 2.78. The van der Waals surface area contributed by atoms with Crippen molar-refractivity contribution in [1.29, 1.82) is 0 Å². The zero-order valence-electron chi connectivity index (χ0n) is 17.1. The number of aromatic nitrogens is 2. The maximum atomic E-state index is 12.8. The second-order valence-corrected chi connectivity index (χ2v) is 8.16. The van der Waals surface area contributed by atoms with Crippen molar-refractivity contribution in [2.24, 2.45) is 0 Å². The summed E-state index contributed by atoms with van der Waals surface area (Å²) in [6, 6.07) is 10.3. The Balaban J connectivity index is 1.59. The minimum absolute atomic E-state index is 0.0483. The monoisotopic (exact) mass is 425 g/mol. The number of methoxy groups -OCH3 is 2. The molecule has 0 aliphatic carbocycles. The molecule has 3 aromatic rings. The van der Waals surface area contributed by atoms with E-state index in [1.807, 2.05) is 25.1 Å². The van der Waals surface area contributed by atoms with Crippen molar-refractivity contribution in [3.05, 3.63) is 57.9 Å². The van der Waals surface area contributed by atoms with Gasteiger partial charge in [0.05, 0.1) is 31.2 Å². The number of carbonyl (C=O) groups excluding carboxylic acids is 1. The molecule has 1 aliphatic rings. The Labute approximate surface area is 178 Å². The minimum atomic E-state index is -0.245. The van der Waals surface area contributed by atoms with Crippen molar-refractivity contribution >= 4 is 28.6 Å². The molecule has 1 unspecified atom stereocenters. The van der Waals surface area contributed by atoms with Crippen LogP contribution >= 0.6 is 11.8 Å². The quantitative estimate of drug-likeness (QED) is 0.631. The Kier molecular flexibility index (Phi) is 5.67. The second kappa shape index (κ2) is 8.39. The summed E-state index contributed by atoms with van der Waals surface area (Å²) >= 11 is 1.58. The lowest BCUT2D eigenvalue weighted by atomic mass is 10.1. The summed E-state index contributed by atoms with van der Waals surface area (Å²) < 4.78 is 12.3. The van der Waals surface area contributed by atoms with Gasteiger partial charge in [0.15, 0.2) is 16.7 Å². The van der Waals surface area contributed by atoms with Gasteiger partial charge in [0, 0.05) is 17.9 Å². The maximum Gasteiger partial charge on any atom is 0.262 e. The smallest absolute Gasteiger partial charge is 0.262 e. The highest BCUT2D eigenvalue weighted by Crippen LogP contribution is 2.30. The Morgan fingerprint density at radius 3 is 2.73 bits per heavy atom. The van der Waals surface area contributed by atoms with E-state index in [9.17, 15) is 9.59 Å². The molecule has 0 radical (unpaired) electrons. The zero-order valence-corrected chi connectivity index (χ0v) is 17.9. The van der Waals surface area contributed by atoms with E-state index in [2.05, 4.69) is 10.3 Å². The highest BCUT2D eigenvalue weighted by atomic mass is 32.2. The first-order valence-corrected chi connectivity index (χ1v) is 10.7. The van der Waals surface area contributed by atoms with Gasteiger partial charge in [-0.25, -0.2) is 4.98 Å². The summed E-state index contributed by atoms with van der Waals surface area (Å²) in [7, 11) is 3.16. The molecule has 4 rings (SSSR count). The Bertz CT molecular complexity index is 1170. The van der Waals surface area contributed by atoms with Gasteiger partial charge in [0.2, 0.25) is 0 Å². The number of benzene rings is 2. The number of fused-ring (bicyclic) bond motifs is 2. The van der Waals surface area contributed by atoms with Gasteiger partial charge in [0.1, 0.15) is 0 Å². The first kappa shape index (κ1) is 20.3. The molecule has 1 aliphatic heterocycles. The number of thioether (sulfide) groups is 1. The third kappa shape index (κ3) is 3.75. The normalized spacial score (nSPS) is 14.1. The summed E-state index contributed by atoms with van der Waals surface area (Å²) in [5, 5.41) is 4.24. The van der Waals surface area contributed by atoms with Crippen LogP contribution < -0.4 is 20.3 Å². The fraction of sp³-hybridized carbons (Fsp3) is 0.318. The Morgan fingerprint density at radius 1 is 1.17 bits per heavy atom. The molecule has 2 aromatic carbocycles. The van der Waals surface area contributed by atoms with Crippen molar-refractivity contribution in [2.75, 3.05) is 20.0 Å². The van der Waals surface area contributed by atoms with Crippen molar-refractivity contribution in [1.82, 2.24) is 14.9 Å². The molecule has 1 amide bonds. The number of hydrogen-bond acceptors (Lipinski definition) is 6. The molecule has 1 N–H and O–H groups in total. The van der Waals surface area contributed by atoms with Crippen molar-refractivity contribution < 1.29 is 14.3 Å². The lowest BCUT2D eigenvalue weighted by Gasteiger charge is -2.18. The molecule has 2 heterocycles. The summed E-state index contributed by atoms with van der Waals surface area (Å²) in [5.74, 6) is 1.95. The highest BCUT2D eigenvalue weighted by molar-refractivity contribution is 7.99. The molecule has 7 nitrogen and oxygen atoms in total. The molecule has 156 valence electrons. The highest BCUT2D eigenvalue weighted by Gasteiger charge is 2.18. The van der Waals surface area contributed by atoms with Gasteiger partial charge < -0.3 is 14.8 Å². The van der Waals surface area contributed by atoms with Crippen molar-refractivity contribution in [2.45, 2.75) is 31.1 Å². The summed E-state index contributed by atoms with van der Waals surface area (Å²) in [5.41, 5.74) is 1.86. The third-order valence-electron chi connectivity index (χ3n) is 5.19. The Morgan fingerprint density at radius 2 is 1.97 bits per heavy atom. The van der Waals surface area contributed by atoms with E-state index < -0.39 is 0 Å². The number of nitrogens with zero attached hydrogens (tertiary/aromatic N) is 2. The van der Waals surface area contributed by atoms with E-state index in [-0.39, 0.29) is 17.5 Å². The number of ether oxygens (including phenoxy) is 2. The molecule has 8 heteroatoms. The molecule has 0 fully saturated rings. The van der Waals surface area contributed by atoms with Crippen LogP contribution in [0.2, 0.25) is 0 Å².